The molecule has 0 fully saturated rings. The highest BCUT2D eigenvalue weighted by Crippen LogP contribution is 2.30. The van der Waals surface area contributed by atoms with Crippen LogP contribution in [-0.4, -0.2) is 23.8 Å². The second-order valence-electron chi connectivity index (χ2n) is 5.19. The van der Waals surface area contributed by atoms with Crippen molar-refractivity contribution in [3.8, 4) is 17.0 Å². The van der Waals surface area contributed by atoms with Gasteiger partial charge in [0.2, 0.25) is 5.91 Å². The first-order valence-corrected chi connectivity index (χ1v) is 10.6. The smallest absolute Gasteiger partial charge is 0.234 e. The molecule has 0 bridgehead atoms. The minimum absolute atomic E-state index is 0.143. The number of anilines is 1. The number of ether oxygens (including phenoxy) is 1. The number of aromatic nitrogens is 1. The summed E-state index contributed by atoms with van der Waals surface area (Å²) in [5.74, 6) is 0.679. The van der Waals surface area contributed by atoms with Crippen LogP contribution in [0.5, 0.6) is 5.75 Å². The Balaban J connectivity index is 1.60. The molecule has 1 aromatic heterocycles. The number of thioether (sulfide) groups is 1. The van der Waals surface area contributed by atoms with Crippen molar-refractivity contribution in [3.05, 3.63) is 57.3 Å². The maximum atomic E-state index is 12.2. The third-order valence-corrected chi connectivity index (χ3v) is 6.17. The SMILES string of the molecule is COc1ccc(Cl)cc1NC(=O)CSc1nc(-c2ccc(Br)cc2)cs1. The van der Waals surface area contributed by atoms with Crippen LogP contribution in [0.3, 0.4) is 0 Å². The van der Waals surface area contributed by atoms with Crippen LogP contribution in [0.25, 0.3) is 11.3 Å². The predicted octanol–water partition coefficient (Wildman–Crippen LogP) is 5.97. The van der Waals surface area contributed by atoms with Gasteiger partial charge in [0, 0.05) is 20.4 Å². The quantitative estimate of drug-likeness (QED) is 0.452. The van der Waals surface area contributed by atoms with Gasteiger partial charge in [0.05, 0.1) is 24.2 Å². The average molecular weight is 470 g/mol. The van der Waals surface area contributed by atoms with Gasteiger partial charge in [-0.3, -0.25) is 4.79 Å². The second-order valence-corrected chi connectivity index (χ2v) is 8.62. The van der Waals surface area contributed by atoms with E-state index in [-0.39, 0.29) is 11.7 Å². The molecule has 0 aliphatic carbocycles. The maximum Gasteiger partial charge on any atom is 0.234 e. The molecule has 0 aliphatic heterocycles. The molecule has 26 heavy (non-hydrogen) atoms. The van der Waals surface area contributed by atoms with Crippen LogP contribution < -0.4 is 10.1 Å². The molecule has 0 atom stereocenters. The van der Waals surface area contributed by atoms with Gasteiger partial charge in [-0.15, -0.1) is 11.3 Å². The summed E-state index contributed by atoms with van der Waals surface area (Å²) in [7, 11) is 1.55. The third-order valence-electron chi connectivity index (χ3n) is 3.39. The minimum Gasteiger partial charge on any atom is -0.495 e. The third kappa shape index (κ3) is 5.01. The number of nitrogens with one attached hydrogen (secondary N) is 1. The molecule has 1 heterocycles. The van der Waals surface area contributed by atoms with Crippen LogP contribution in [0.2, 0.25) is 5.02 Å². The summed E-state index contributed by atoms with van der Waals surface area (Å²) in [5, 5.41) is 5.34. The highest BCUT2D eigenvalue weighted by molar-refractivity contribution is 9.10. The molecule has 134 valence electrons. The van der Waals surface area contributed by atoms with Gasteiger partial charge in [-0.25, -0.2) is 4.98 Å². The maximum absolute atomic E-state index is 12.2. The lowest BCUT2D eigenvalue weighted by atomic mass is 10.2. The zero-order valence-corrected chi connectivity index (χ0v) is 17.6. The summed E-state index contributed by atoms with van der Waals surface area (Å²) in [5.41, 5.74) is 2.51. The van der Waals surface area contributed by atoms with Gasteiger partial charge in [0.1, 0.15) is 5.75 Å². The van der Waals surface area contributed by atoms with Crippen LogP contribution in [0.15, 0.2) is 56.7 Å². The number of hydrogen-bond acceptors (Lipinski definition) is 5. The van der Waals surface area contributed by atoms with E-state index in [1.165, 1.54) is 23.1 Å². The number of nitrogens with zero attached hydrogens (tertiary/aromatic N) is 1. The molecule has 3 aromatic rings. The Hall–Kier alpha value is -1.54. The van der Waals surface area contributed by atoms with E-state index in [1.807, 2.05) is 29.6 Å². The Kier molecular flexibility index (Phi) is 6.58. The van der Waals surface area contributed by atoms with Crippen LogP contribution in [-0.2, 0) is 4.79 Å². The summed E-state index contributed by atoms with van der Waals surface area (Å²) in [6.07, 6.45) is 0. The molecule has 2 aromatic carbocycles. The Morgan fingerprint density at radius 2 is 2.08 bits per heavy atom. The molecule has 4 nitrogen and oxygen atoms in total. The van der Waals surface area contributed by atoms with Gasteiger partial charge in [-0.05, 0) is 30.3 Å². The Morgan fingerprint density at radius 1 is 1.31 bits per heavy atom. The van der Waals surface area contributed by atoms with Crippen LogP contribution in [0, 0.1) is 0 Å². The standard InChI is InChI=1S/C18H14BrClN2O2S2/c1-24-16-7-6-13(20)8-14(16)21-17(23)10-26-18-22-15(9-25-18)11-2-4-12(19)5-3-11/h2-9H,10H2,1H3,(H,21,23). The van der Waals surface area contributed by atoms with E-state index >= 15 is 0 Å². The van der Waals surface area contributed by atoms with Crippen LogP contribution in [0.4, 0.5) is 5.69 Å². The molecule has 0 saturated heterocycles. The predicted molar refractivity (Wildman–Crippen MR) is 113 cm³/mol. The highest BCUT2D eigenvalue weighted by atomic mass is 79.9. The molecular weight excluding hydrogens is 456 g/mol. The van der Waals surface area contributed by atoms with Crippen molar-refractivity contribution in [1.29, 1.82) is 0 Å². The van der Waals surface area contributed by atoms with Crippen molar-refractivity contribution < 1.29 is 9.53 Å². The van der Waals surface area contributed by atoms with Crippen LogP contribution >= 0.6 is 50.6 Å². The monoisotopic (exact) mass is 468 g/mol. The largest absolute Gasteiger partial charge is 0.495 e. The Morgan fingerprint density at radius 3 is 2.81 bits per heavy atom. The van der Waals surface area contributed by atoms with E-state index < -0.39 is 0 Å². The van der Waals surface area contributed by atoms with Crippen LogP contribution in [0.1, 0.15) is 0 Å². The number of halogens is 2. The molecule has 0 unspecified atom stereocenters. The molecule has 0 radical (unpaired) electrons. The number of carbonyl (C=O) groups excluding carboxylic acids is 1. The first-order chi connectivity index (χ1) is 12.5. The normalized spacial score (nSPS) is 10.6. The fourth-order valence-corrected chi connectivity index (χ4v) is 4.24. The fraction of sp³-hybridized carbons (Fsp3) is 0.111. The summed E-state index contributed by atoms with van der Waals surface area (Å²) in [4.78, 5) is 16.8. The number of amides is 1. The summed E-state index contributed by atoms with van der Waals surface area (Å²) >= 11 is 12.3. The average Bonchev–Trinajstić information content (AvgIpc) is 3.10. The summed E-state index contributed by atoms with van der Waals surface area (Å²) < 4.78 is 7.10. The zero-order valence-electron chi connectivity index (χ0n) is 13.7. The van der Waals surface area contributed by atoms with Gasteiger partial charge >= 0.3 is 0 Å². The lowest BCUT2D eigenvalue weighted by Crippen LogP contribution is -2.14. The van der Waals surface area contributed by atoms with E-state index in [0.29, 0.717) is 16.5 Å². The van der Waals surface area contributed by atoms with Crippen molar-refractivity contribution in [3.63, 3.8) is 0 Å². The molecule has 0 spiro atoms. The molecule has 0 saturated carbocycles. The second kappa shape index (κ2) is 8.90. The van der Waals surface area contributed by atoms with Gasteiger partial charge in [0.25, 0.3) is 0 Å². The van der Waals surface area contributed by atoms with Crippen molar-refractivity contribution in [2.75, 3.05) is 18.2 Å². The Labute approximate surface area is 173 Å². The van der Waals surface area contributed by atoms with E-state index in [9.17, 15) is 4.79 Å². The molecule has 1 N–H and O–H groups in total. The van der Waals surface area contributed by atoms with E-state index in [1.54, 1.807) is 25.3 Å². The number of methoxy groups -OCH3 is 1. The first-order valence-electron chi connectivity index (χ1n) is 7.53. The summed E-state index contributed by atoms with van der Waals surface area (Å²) in [6, 6.07) is 13.1. The minimum atomic E-state index is -0.143. The topological polar surface area (TPSA) is 51.2 Å². The molecule has 1 amide bonds. The van der Waals surface area contributed by atoms with E-state index in [0.717, 1.165) is 20.1 Å². The zero-order chi connectivity index (χ0) is 18.5. The van der Waals surface area contributed by atoms with E-state index in [2.05, 4.69) is 26.2 Å². The van der Waals surface area contributed by atoms with Gasteiger partial charge < -0.3 is 10.1 Å². The Bertz CT molecular complexity index is 916. The molecule has 0 aliphatic rings. The molecule has 3 rings (SSSR count). The number of benzene rings is 2. The number of rotatable bonds is 6. The van der Waals surface area contributed by atoms with Gasteiger partial charge in [-0.1, -0.05) is 51.4 Å². The number of hydrogen-bond donors (Lipinski definition) is 1. The first kappa shape index (κ1) is 19.2. The lowest BCUT2D eigenvalue weighted by Gasteiger charge is -2.10. The van der Waals surface area contributed by atoms with Crippen molar-refractivity contribution in [1.82, 2.24) is 4.98 Å². The van der Waals surface area contributed by atoms with Gasteiger partial charge in [0.15, 0.2) is 4.34 Å². The van der Waals surface area contributed by atoms with Crippen molar-refractivity contribution in [2.24, 2.45) is 0 Å². The molecular formula is C18H14BrClN2O2S2. The van der Waals surface area contributed by atoms with E-state index in [4.69, 9.17) is 16.3 Å². The molecule has 8 heteroatoms. The number of carbonyl (C=O) groups is 1. The fourth-order valence-electron chi connectivity index (χ4n) is 2.17. The highest BCUT2D eigenvalue weighted by Gasteiger charge is 2.11. The van der Waals surface area contributed by atoms with Gasteiger partial charge in [-0.2, -0.15) is 0 Å². The number of thiazole rings is 1. The lowest BCUT2D eigenvalue weighted by molar-refractivity contribution is -0.113. The summed E-state index contributed by atoms with van der Waals surface area (Å²) in [6.45, 7) is 0. The van der Waals surface area contributed by atoms with Crippen molar-refractivity contribution >= 4 is 62.2 Å². The van der Waals surface area contributed by atoms with Crippen molar-refractivity contribution in [2.45, 2.75) is 4.34 Å².